The van der Waals surface area contributed by atoms with Gasteiger partial charge in [0.1, 0.15) is 17.4 Å². The second-order valence-electron chi connectivity index (χ2n) is 8.46. The maximum atomic E-state index is 13.8. The van der Waals surface area contributed by atoms with Crippen LogP contribution in [0.4, 0.5) is 4.39 Å². The number of likely N-dealkylation sites (N-methyl/N-ethyl adjacent to an activating group) is 1. The Morgan fingerprint density at radius 3 is 2.83 bits per heavy atom. The molecule has 2 aliphatic heterocycles. The van der Waals surface area contributed by atoms with Gasteiger partial charge in [-0.2, -0.15) is 0 Å². The van der Waals surface area contributed by atoms with Crippen molar-refractivity contribution in [3.05, 3.63) is 63.6 Å². The number of aromatic nitrogens is 2. The first-order valence-corrected chi connectivity index (χ1v) is 11.3. The highest BCUT2D eigenvalue weighted by Gasteiger charge is 2.33. The molecule has 2 aliphatic rings. The number of carbonyl (C=O) groups excluding carboxylic acids is 2. The topological polar surface area (TPSA) is 123 Å². The molecule has 2 aromatic rings. The van der Waals surface area contributed by atoms with Crippen molar-refractivity contribution in [1.82, 2.24) is 19.8 Å². The third kappa shape index (κ3) is 5.04. The number of hydrogen-bond acceptors (Lipinski definition) is 7. The summed E-state index contributed by atoms with van der Waals surface area (Å²) in [5, 5.41) is 13.2. The lowest BCUT2D eigenvalue weighted by Crippen LogP contribution is -2.37. The first-order chi connectivity index (χ1) is 16.8. The maximum absolute atomic E-state index is 13.8. The van der Waals surface area contributed by atoms with Crippen molar-refractivity contribution in [1.29, 1.82) is 0 Å². The van der Waals surface area contributed by atoms with Crippen LogP contribution < -0.4 is 15.6 Å². The highest BCUT2D eigenvalue weighted by Crippen LogP contribution is 2.30. The number of carbonyl (C=O) groups is 2. The molecule has 35 heavy (non-hydrogen) atoms. The Hall–Kier alpha value is -3.73. The molecule has 0 saturated carbocycles. The van der Waals surface area contributed by atoms with E-state index < -0.39 is 34.8 Å². The van der Waals surface area contributed by atoms with Crippen molar-refractivity contribution in [2.45, 2.75) is 44.5 Å². The second-order valence-corrected chi connectivity index (χ2v) is 8.46. The third-order valence-corrected chi connectivity index (χ3v) is 6.26. The summed E-state index contributed by atoms with van der Waals surface area (Å²) in [5.74, 6) is -1.99. The summed E-state index contributed by atoms with van der Waals surface area (Å²) in [6.45, 7) is 0.271. The Balaban J connectivity index is 1.81. The van der Waals surface area contributed by atoms with E-state index in [0.717, 1.165) is 0 Å². The number of hydrogen-bond donors (Lipinski definition) is 2. The van der Waals surface area contributed by atoms with Gasteiger partial charge in [-0.05, 0) is 31.4 Å². The van der Waals surface area contributed by atoms with E-state index >= 15 is 0 Å². The van der Waals surface area contributed by atoms with E-state index in [0.29, 0.717) is 24.8 Å². The lowest BCUT2D eigenvalue weighted by Gasteiger charge is -2.27. The van der Waals surface area contributed by atoms with Gasteiger partial charge in [0.25, 0.3) is 11.5 Å². The zero-order valence-corrected chi connectivity index (χ0v) is 19.5. The van der Waals surface area contributed by atoms with Crippen LogP contribution in [0.1, 0.15) is 47.2 Å². The number of nitrogens with zero attached hydrogens (tertiary/aromatic N) is 3. The molecule has 1 aromatic heterocycles. The maximum Gasteiger partial charge on any atom is 0.296 e. The monoisotopic (exact) mass is 486 g/mol. The standard InChI is InChI=1S/C24H27FN4O6/c1-28-17-9-8-16(34-2)13-29-22(17)27-20(21(31)24(29)33)23(32)26-12-14-6-7-15(25)11-18(14)35-10-4-3-5-19(28)30/h3,5-7,11,16-17,31H,4,8-10,12-13H2,1-2H3,(H,26,32)/b5-3+/t16-,17?/m0/s1. The zero-order valence-electron chi connectivity index (χ0n) is 19.5. The van der Waals surface area contributed by atoms with Gasteiger partial charge in [-0.25, -0.2) is 9.37 Å². The number of nitrogens with one attached hydrogen (secondary N) is 1. The van der Waals surface area contributed by atoms with E-state index in [1.807, 2.05) is 0 Å². The molecule has 2 amide bonds. The minimum atomic E-state index is -0.799. The molecule has 1 aromatic carbocycles. The number of fused-ring (bicyclic) bond motifs is 2. The second kappa shape index (κ2) is 10.3. The Morgan fingerprint density at radius 1 is 1.26 bits per heavy atom. The van der Waals surface area contributed by atoms with Crippen LogP contribution in [0.3, 0.4) is 0 Å². The van der Waals surface area contributed by atoms with Crippen molar-refractivity contribution in [2.75, 3.05) is 20.8 Å². The van der Waals surface area contributed by atoms with Gasteiger partial charge in [0.15, 0.2) is 5.69 Å². The van der Waals surface area contributed by atoms with Crippen LogP contribution >= 0.6 is 0 Å². The molecule has 0 fully saturated rings. The SMILES string of the molecule is CO[C@H]1CCC2c3nc(c(O)c(=O)n3C1)C(=O)NCc1ccc(F)cc1OCC/C=C/C(=O)N2C. The number of methoxy groups -OCH3 is 1. The van der Waals surface area contributed by atoms with E-state index in [4.69, 9.17) is 9.47 Å². The molecule has 11 heteroatoms. The lowest BCUT2D eigenvalue weighted by atomic mass is 10.1. The van der Waals surface area contributed by atoms with Crippen LogP contribution in [-0.4, -0.2) is 58.2 Å². The molecule has 4 rings (SSSR count). The third-order valence-electron chi connectivity index (χ3n) is 6.26. The van der Waals surface area contributed by atoms with Crippen molar-refractivity contribution >= 4 is 11.8 Å². The first-order valence-electron chi connectivity index (χ1n) is 11.3. The summed E-state index contributed by atoms with van der Waals surface area (Å²) in [5.41, 5.74) is -0.744. The molecule has 2 N–H and O–H groups in total. The van der Waals surface area contributed by atoms with E-state index in [-0.39, 0.29) is 43.3 Å². The smallest absolute Gasteiger partial charge is 0.296 e. The van der Waals surface area contributed by atoms with Crippen molar-refractivity contribution in [3.8, 4) is 11.5 Å². The molecule has 3 heterocycles. The summed E-state index contributed by atoms with van der Waals surface area (Å²) in [4.78, 5) is 44.8. The molecular weight excluding hydrogens is 459 g/mol. The van der Waals surface area contributed by atoms with Gasteiger partial charge in [-0.3, -0.25) is 19.0 Å². The van der Waals surface area contributed by atoms with Crippen LogP contribution in [0.2, 0.25) is 0 Å². The summed E-state index contributed by atoms with van der Waals surface area (Å²) in [6, 6.07) is 3.29. The Bertz CT molecular complexity index is 1230. The predicted molar refractivity (Wildman–Crippen MR) is 123 cm³/mol. The highest BCUT2D eigenvalue weighted by atomic mass is 19.1. The molecule has 0 radical (unpaired) electrons. The van der Waals surface area contributed by atoms with Crippen LogP contribution in [-0.2, 0) is 22.6 Å². The van der Waals surface area contributed by atoms with Crippen molar-refractivity contribution in [3.63, 3.8) is 0 Å². The molecule has 1 unspecified atom stereocenters. The summed E-state index contributed by atoms with van der Waals surface area (Å²) in [7, 11) is 3.11. The van der Waals surface area contributed by atoms with Gasteiger partial charge in [0.05, 0.1) is 25.3 Å². The first kappa shape index (κ1) is 24.4. The predicted octanol–water partition coefficient (Wildman–Crippen LogP) is 1.66. The molecular formula is C24H27FN4O6. The van der Waals surface area contributed by atoms with Crippen molar-refractivity contribution in [2.24, 2.45) is 0 Å². The molecule has 186 valence electrons. The number of ether oxygens (including phenoxy) is 2. The molecule has 2 bridgehead atoms. The number of benzene rings is 1. The normalized spacial score (nSPS) is 22.0. The number of amides is 2. The van der Waals surface area contributed by atoms with Gasteiger partial charge in [0, 0.05) is 32.3 Å². The summed E-state index contributed by atoms with van der Waals surface area (Å²) >= 11 is 0. The molecule has 2 atom stereocenters. The summed E-state index contributed by atoms with van der Waals surface area (Å²) in [6.07, 6.45) is 4.09. The average molecular weight is 487 g/mol. The van der Waals surface area contributed by atoms with Gasteiger partial charge in [-0.15, -0.1) is 0 Å². The Morgan fingerprint density at radius 2 is 2.06 bits per heavy atom. The van der Waals surface area contributed by atoms with E-state index in [1.165, 1.54) is 40.9 Å². The number of aromatic hydroxyl groups is 1. The molecule has 0 aliphatic carbocycles. The van der Waals surface area contributed by atoms with Gasteiger partial charge >= 0.3 is 0 Å². The minimum absolute atomic E-state index is 0.0443. The fourth-order valence-electron chi connectivity index (χ4n) is 4.24. The van der Waals surface area contributed by atoms with Crippen LogP contribution in [0.15, 0.2) is 35.1 Å². The van der Waals surface area contributed by atoms with Gasteiger partial charge in [-0.1, -0.05) is 12.1 Å². The quantitative estimate of drug-likeness (QED) is 0.629. The van der Waals surface area contributed by atoms with E-state index in [1.54, 1.807) is 13.1 Å². The minimum Gasteiger partial charge on any atom is -0.501 e. The molecule has 10 nitrogen and oxygen atoms in total. The Kier molecular flexibility index (Phi) is 7.15. The van der Waals surface area contributed by atoms with Crippen LogP contribution in [0.25, 0.3) is 0 Å². The molecule has 0 saturated heterocycles. The fraction of sp³-hybridized carbons (Fsp3) is 0.417. The highest BCUT2D eigenvalue weighted by molar-refractivity contribution is 5.94. The van der Waals surface area contributed by atoms with E-state index in [2.05, 4.69) is 10.3 Å². The zero-order chi connectivity index (χ0) is 25.1. The number of halogens is 1. The lowest BCUT2D eigenvalue weighted by molar-refractivity contribution is -0.127. The van der Waals surface area contributed by atoms with Gasteiger partial charge in [0.2, 0.25) is 11.7 Å². The summed E-state index contributed by atoms with van der Waals surface area (Å²) < 4.78 is 26.2. The van der Waals surface area contributed by atoms with Crippen molar-refractivity contribution < 1.29 is 28.6 Å². The van der Waals surface area contributed by atoms with E-state index in [9.17, 15) is 23.9 Å². The number of rotatable bonds is 1. The molecule has 0 spiro atoms. The van der Waals surface area contributed by atoms with Crippen LogP contribution in [0, 0.1) is 5.82 Å². The fourth-order valence-corrected chi connectivity index (χ4v) is 4.24. The van der Waals surface area contributed by atoms with Gasteiger partial charge < -0.3 is 24.8 Å². The average Bonchev–Trinajstić information content (AvgIpc) is 3.03. The Labute approximate surface area is 201 Å². The largest absolute Gasteiger partial charge is 0.501 e. The van der Waals surface area contributed by atoms with Crippen LogP contribution in [0.5, 0.6) is 11.5 Å².